The predicted octanol–water partition coefficient (Wildman–Crippen LogP) is 2.98. The standard InChI is InChI=1S/C18H27N3O2.ClH/c1-2-4-17(22)21-15-9-7-13(8-10-15)12-20-18(23)11-14-5-3-6-16(14)19;/h7-10,14,16H,2-6,11-12,19H2,1H3,(H,20,23)(H,21,22);1H/t14-,16+;/m0./s1. The molecule has 4 N–H and O–H groups in total. The minimum Gasteiger partial charge on any atom is -0.352 e. The van der Waals surface area contributed by atoms with Gasteiger partial charge in [0.15, 0.2) is 0 Å². The number of hydrogen-bond acceptors (Lipinski definition) is 3. The number of benzene rings is 1. The van der Waals surface area contributed by atoms with Crippen molar-refractivity contribution in [3.8, 4) is 0 Å². The highest BCUT2D eigenvalue weighted by atomic mass is 35.5. The van der Waals surface area contributed by atoms with Crippen molar-refractivity contribution in [1.82, 2.24) is 5.32 Å². The fourth-order valence-corrected chi connectivity index (χ4v) is 2.99. The Morgan fingerprint density at radius 2 is 1.88 bits per heavy atom. The molecule has 1 aromatic rings. The summed E-state index contributed by atoms with van der Waals surface area (Å²) in [6.07, 6.45) is 5.10. The van der Waals surface area contributed by atoms with E-state index in [0.29, 0.717) is 25.3 Å². The normalized spacial score (nSPS) is 19.4. The summed E-state index contributed by atoms with van der Waals surface area (Å²) in [6, 6.07) is 7.74. The molecule has 0 spiro atoms. The van der Waals surface area contributed by atoms with Gasteiger partial charge in [-0.25, -0.2) is 0 Å². The third kappa shape index (κ3) is 6.49. The number of carbonyl (C=O) groups excluding carboxylic acids is 2. The molecular weight excluding hydrogens is 326 g/mol. The lowest BCUT2D eigenvalue weighted by atomic mass is 10.00. The minimum atomic E-state index is 0. The molecule has 6 heteroatoms. The number of carbonyl (C=O) groups is 2. The van der Waals surface area contributed by atoms with Crippen LogP contribution in [0.2, 0.25) is 0 Å². The van der Waals surface area contributed by atoms with Gasteiger partial charge in [0.25, 0.3) is 0 Å². The lowest BCUT2D eigenvalue weighted by molar-refractivity contribution is -0.122. The molecule has 1 fully saturated rings. The van der Waals surface area contributed by atoms with Crippen molar-refractivity contribution in [3.05, 3.63) is 29.8 Å². The summed E-state index contributed by atoms with van der Waals surface area (Å²) in [4.78, 5) is 23.5. The van der Waals surface area contributed by atoms with Gasteiger partial charge in [-0.2, -0.15) is 0 Å². The third-order valence-electron chi connectivity index (χ3n) is 4.37. The van der Waals surface area contributed by atoms with Crippen LogP contribution in [0, 0.1) is 5.92 Å². The van der Waals surface area contributed by atoms with Crippen LogP contribution < -0.4 is 16.4 Å². The zero-order valence-corrected chi connectivity index (χ0v) is 15.0. The van der Waals surface area contributed by atoms with Gasteiger partial charge in [-0.1, -0.05) is 25.5 Å². The van der Waals surface area contributed by atoms with E-state index >= 15 is 0 Å². The molecule has 2 atom stereocenters. The van der Waals surface area contributed by atoms with Crippen molar-refractivity contribution in [1.29, 1.82) is 0 Å². The highest BCUT2D eigenvalue weighted by molar-refractivity contribution is 5.90. The summed E-state index contributed by atoms with van der Waals surface area (Å²) in [5.41, 5.74) is 7.80. The van der Waals surface area contributed by atoms with Gasteiger partial charge >= 0.3 is 0 Å². The summed E-state index contributed by atoms with van der Waals surface area (Å²) >= 11 is 0. The Bertz CT molecular complexity index is 534. The Labute approximate surface area is 150 Å². The van der Waals surface area contributed by atoms with Crippen LogP contribution in [-0.4, -0.2) is 17.9 Å². The van der Waals surface area contributed by atoms with E-state index in [-0.39, 0.29) is 30.3 Å². The predicted molar refractivity (Wildman–Crippen MR) is 99.0 cm³/mol. The molecule has 0 aliphatic heterocycles. The summed E-state index contributed by atoms with van der Waals surface area (Å²) in [5, 5.41) is 5.79. The molecule has 134 valence electrons. The minimum absolute atomic E-state index is 0. The first kappa shape index (κ1) is 20.5. The monoisotopic (exact) mass is 353 g/mol. The molecule has 1 aliphatic rings. The number of nitrogens with two attached hydrogens (primary N) is 1. The van der Waals surface area contributed by atoms with Gasteiger partial charge < -0.3 is 16.4 Å². The topological polar surface area (TPSA) is 84.2 Å². The quantitative estimate of drug-likeness (QED) is 0.704. The van der Waals surface area contributed by atoms with Gasteiger partial charge in [-0.15, -0.1) is 12.4 Å². The zero-order chi connectivity index (χ0) is 16.7. The Kier molecular flexibility index (Phi) is 8.79. The van der Waals surface area contributed by atoms with E-state index in [1.54, 1.807) is 0 Å². The number of rotatable bonds is 7. The smallest absolute Gasteiger partial charge is 0.224 e. The van der Waals surface area contributed by atoms with E-state index in [0.717, 1.165) is 36.9 Å². The van der Waals surface area contributed by atoms with Crippen LogP contribution in [0.15, 0.2) is 24.3 Å². The fourth-order valence-electron chi connectivity index (χ4n) is 2.99. The van der Waals surface area contributed by atoms with E-state index in [2.05, 4.69) is 10.6 Å². The second kappa shape index (κ2) is 10.3. The third-order valence-corrected chi connectivity index (χ3v) is 4.37. The molecule has 1 aliphatic carbocycles. The number of anilines is 1. The maximum absolute atomic E-state index is 12.0. The number of halogens is 1. The molecule has 2 rings (SSSR count). The van der Waals surface area contributed by atoms with Crippen LogP contribution in [0.5, 0.6) is 0 Å². The summed E-state index contributed by atoms with van der Waals surface area (Å²) in [6.45, 7) is 2.48. The van der Waals surface area contributed by atoms with E-state index in [4.69, 9.17) is 5.73 Å². The Morgan fingerprint density at radius 3 is 2.46 bits per heavy atom. The van der Waals surface area contributed by atoms with Gasteiger partial charge in [0.1, 0.15) is 0 Å². The van der Waals surface area contributed by atoms with E-state index in [1.807, 2.05) is 31.2 Å². The fraction of sp³-hybridized carbons (Fsp3) is 0.556. The molecule has 1 aromatic carbocycles. The average Bonchev–Trinajstić information content (AvgIpc) is 2.92. The van der Waals surface area contributed by atoms with E-state index < -0.39 is 0 Å². The van der Waals surface area contributed by atoms with E-state index in [1.165, 1.54) is 0 Å². The molecule has 0 bridgehead atoms. The van der Waals surface area contributed by atoms with Gasteiger partial charge in [0.2, 0.25) is 11.8 Å². The molecule has 24 heavy (non-hydrogen) atoms. The average molecular weight is 354 g/mol. The largest absolute Gasteiger partial charge is 0.352 e. The van der Waals surface area contributed by atoms with Crippen molar-refractivity contribution >= 4 is 29.9 Å². The van der Waals surface area contributed by atoms with Crippen molar-refractivity contribution < 1.29 is 9.59 Å². The highest BCUT2D eigenvalue weighted by Crippen LogP contribution is 2.26. The molecule has 0 radical (unpaired) electrons. The Morgan fingerprint density at radius 1 is 1.17 bits per heavy atom. The zero-order valence-electron chi connectivity index (χ0n) is 14.2. The van der Waals surface area contributed by atoms with Gasteiger partial charge in [-0.05, 0) is 42.9 Å². The summed E-state index contributed by atoms with van der Waals surface area (Å²) < 4.78 is 0. The number of nitrogens with one attached hydrogen (secondary N) is 2. The summed E-state index contributed by atoms with van der Waals surface area (Å²) in [7, 11) is 0. The van der Waals surface area contributed by atoms with Gasteiger partial charge in [0.05, 0.1) is 0 Å². The lowest BCUT2D eigenvalue weighted by Crippen LogP contribution is -2.31. The van der Waals surface area contributed by atoms with Crippen LogP contribution in [0.3, 0.4) is 0 Å². The van der Waals surface area contributed by atoms with Crippen LogP contribution in [0.1, 0.15) is 51.0 Å². The molecule has 0 heterocycles. The summed E-state index contributed by atoms with van der Waals surface area (Å²) in [5.74, 6) is 0.417. The lowest BCUT2D eigenvalue weighted by Gasteiger charge is -2.14. The molecule has 5 nitrogen and oxygen atoms in total. The molecule has 0 aromatic heterocycles. The molecule has 0 saturated heterocycles. The Hall–Kier alpha value is -1.59. The van der Waals surface area contributed by atoms with Gasteiger partial charge in [-0.3, -0.25) is 9.59 Å². The van der Waals surface area contributed by atoms with Crippen molar-refractivity contribution in [2.24, 2.45) is 11.7 Å². The SMILES string of the molecule is CCCC(=O)Nc1ccc(CNC(=O)C[C@@H]2CCC[C@H]2N)cc1.Cl. The molecule has 2 amide bonds. The van der Waals surface area contributed by atoms with Crippen LogP contribution in [0.25, 0.3) is 0 Å². The number of hydrogen-bond donors (Lipinski definition) is 3. The second-order valence-corrected chi connectivity index (χ2v) is 6.33. The molecule has 0 unspecified atom stereocenters. The Balaban J connectivity index is 0.00000288. The first-order chi connectivity index (χ1) is 11.1. The van der Waals surface area contributed by atoms with Crippen LogP contribution in [-0.2, 0) is 16.1 Å². The number of amides is 2. The van der Waals surface area contributed by atoms with Crippen molar-refractivity contribution in [2.45, 2.75) is 58.0 Å². The van der Waals surface area contributed by atoms with E-state index in [9.17, 15) is 9.59 Å². The first-order valence-corrected chi connectivity index (χ1v) is 8.49. The van der Waals surface area contributed by atoms with Gasteiger partial charge in [0, 0.05) is 31.1 Å². The molecule has 1 saturated carbocycles. The highest BCUT2D eigenvalue weighted by Gasteiger charge is 2.25. The van der Waals surface area contributed by atoms with Crippen molar-refractivity contribution in [3.63, 3.8) is 0 Å². The second-order valence-electron chi connectivity index (χ2n) is 6.33. The molecular formula is C18H28ClN3O2. The van der Waals surface area contributed by atoms with Crippen LogP contribution >= 0.6 is 12.4 Å². The maximum Gasteiger partial charge on any atom is 0.224 e. The van der Waals surface area contributed by atoms with Crippen molar-refractivity contribution in [2.75, 3.05) is 5.32 Å². The maximum atomic E-state index is 12.0. The van der Waals surface area contributed by atoms with Crippen LogP contribution in [0.4, 0.5) is 5.69 Å². The first-order valence-electron chi connectivity index (χ1n) is 8.49.